The second kappa shape index (κ2) is 6.17. The third-order valence-electron chi connectivity index (χ3n) is 2.79. The predicted molar refractivity (Wildman–Crippen MR) is 74.3 cm³/mol. The van der Waals surface area contributed by atoms with E-state index in [1.807, 2.05) is 0 Å². The second-order valence-corrected chi connectivity index (χ2v) is 3.94. The van der Waals surface area contributed by atoms with Crippen molar-refractivity contribution < 1.29 is 24.3 Å². The van der Waals surface area contributed by atoms with Gasteiger partial charge in [-0.05, 0) is 24.3 Å². The highest BCUT2D eigenvalue weighted by molar-refractivity contribution is 6.10. The first-order valence-corrected chi connectivity index (χ1v) is 5.70. The van der Waals surface area contributed by atoms with Gasteiger partial charge in [0.2, 0.25) is 18.2 Å². The number of hydrogen-bond donors (Lipinski definition) is 1. The molecule has 0 unspecified atom stereocenters. The summed E-state index contributed by atoms with van der Waals surface area (Å²) in [7, 11) is 0. The Morgan fingerprint density at radius 1 is 0.864 bits per heavy atom. The molecule has 8 nitrogen and oxygen atoms in total. The SMILES string of the molecule is O=C=Nc1ccc(N=C=O)c2c(N=C=O)cc(C(=O)O)cc12. The second-order valence-electron chi connectivity index (χ2n) is 3.94. The van der Waals surface area contributed by atoms with Crippen molar-refractivity contribution >= 4 is 52.0 Å². The van der Waals surface area contributed by atoms with Crippen LogP contribution >= 0.6 is 0 Å². The molecule has 2 aromatic carbocycles. The molecule has 0 aliphatic heterocycles. The number of aliphatic imine (C=N–C) groups is 3. The molecule has 0 saturated carbocycles. The van der Waals surface area contributed by atoms with Crippen LogP contribution in [0.25, 0.3) is 10.8 Å². The lowest BCUT2D eigenvalue weighted by molar-refractivity contribution is 0.0697. The molecular formula is C14H5N3O5. The molecule has 0 spiro atoms. The van der Waals surface area contributed by atoms with Crippen molar-refractivity contribution in [3.63, 3.8) is 0 Å². The number of rotatable bonds is 4. The molecule has 106 valence electrons. The van der Waals surface area contributed by atoms with E-state index in [4.69, 9.17) is 5.11 Å². The van der Waals surface area contributed by atoms with Gasteiger partial charge in [-0.2, -0.15) is 15.0 Å². The molecule has 0 heterocycles. The summed E-state index contributed by atoms with van der Waals surface area (Å²) in [5, 5.41) is 9.45. The van der Waals surface area contributed by atoms with E-state index >= 15 is 0 Å². The van der Waals surface area contributed by atoms with Crippen molar-refractivity contribution in [2.24, 2.45) is 15.0 Å². The molecule has 0 radical (unpaired) electrons. The Morgan fingerprint density at radius 3 is 2.00 bits per heavy atom. The van der Waals surface area contributed by atoms with E-state index in [2.05, 4.69) is 15.0 Å². The van der Waals surface area contributed by atoms with Crippen LogP contribution in [0.1, 0.15) is 10.4 Å². The third-order valence-corrected chi connectivity index (χ3v) is 2.79. The summed E-state index contributed by atoms with van der Waals surface area (Å²) in [6, 6.07) is 5.05. The molecule has 0 aliphatic carbocycles. The lowest BCUT2D eigenvalue weighted by Gasteiger charge is -2.08. The van der Waals surface area contributed by atoms with Gasteiger partial charge in [-0.15, -0.1) is 0 Å². The first kappa shape index (κ1) is 14.7. The van der Waals surface area contributed by atoms with E-state index in [0.29, 0.717) is 0 Å². The van der Waals surface area contributed by atoms with Crippen molar-refractivity contribution in [3.05, 3.63) is 29.8 Å². The van der Waals surface area contributed by atoms with Crippen LogP contribution in [-0.4, -0.2) is 29.3 Å². The normalized spacial score (nSPS) is 9.27. The zero-order chi connectivity index (χ0) is 16.1. The number of carboxylic acids is 1. The lowest BCUT2D eigenvalue weighted by atomic mass is 10.0. The van der Waals surface area contributed by atoms with Crippen LogP contribution < -0.4 is 0 Å². The Hall–Kier alpha value is -3.69. The Kier molecular flexibility index (Phi) is 4.13. The molecule has 8 heteroatoms. The molecule has 0 bridgehead atoms. The number of aromatic carboxylic acids is 1. The van der Waals surface area contributed by atoms with Crippen molar-refractivity contribution in [2.75, 3.05) is 0 Å². The standard InChI is InChI=1S/C14H5N3O5/c18-5-15-10-1-2-11(16-6-19)13-9(10)3-8(14(21)22)4-12(13)17-7-20/h1-4H,(H,21,22). The fraction of sp³-hybridized carbons (Fsp3) is 0. The van der Waals surface area contributed by atoms with Crippen LogP contribution in [0.4, 0.5) is 17.1 Å². The van der Waals surface area contributed by atoms with Crippen molar-refractivity contribution in [1.82, 2.24) is 0 Å². The average Bonchev–Trinajstić information content (AvgIpc) is 2.50. The van der Waals surface area contributed by atoms with E-state index < -0.39 is 5.97 Å². The average molecular weight is 295 g/mol. The Bertz CT molecular complexity index is 931. The highest BCUT2D eigenvalue weighted by Crippen LogP contribution is 2.40. The molecule has 0 amide bonds. The summed E-state index contributed by atoms with van der Waals surface area (Å²) < 4.78 is 0. The molecule has 22 heavy (non-hydrogen) atoms. The summed E-state index contributed by atoms with van der Waals surface area (Å²) in [5.41, 5.74) is -0.0565. The van der Waals surface area contributed by atoms with Crippen molar-refractivity contribution in [2.45, 2.75) is 0 Å². The van der Waals surface area contributed by atoms with Crippen molar-refractivity contribution in [3.8, 4) is 0 Å². The molecule has 0 atom stereocenters. The predicted octanol–water partition coefficient (Wildman–Crippen LogP) is 2.44. The van der Waals surface area contributed by atoms with E-state index in [9.17, 15) is 19.2 Å². The van der Waals surface area contributed by atoms with Gasteiger partial charge in [0.15, 0.2) is 0 Å². The van der Waals surface area contributed by atoms with E-state index in [0.717, 1.165) is 6.07 Å². The highest BCUT2D eigenvalue weighted by atomic mass is 16.4. The number of benzene rings is 2. The minimum atomic E-state index is -1.27. The quantitative estimate of drug-likeness (QED) is 0.684. The van der Waals surface area contributed by atoms with Gasteiger partial charge in [-0.1, -0.05) is 0 Å². The minimum absolute atomic E-state index is 0.0677. The van der Waals surface area contributed by atoms with E-state index in [1.54, 1.807) is 0 Å². The zero-order valence-electron chi connectivity index (χ0n) is 10.7. The number of nitrogens with zero attached hydrogens (tertiary/aromatic N) is 3. The first-order chi connectivity index (χ1) is 10.6. The van der Waals surface area contributed by atoms with E-state index in [1.165, 1.54) is 36.4 Å². The van der Waals surface area contributed by atoms with Gasteiger partial charge in [0, 0.05) is 10.8 Å². The zero-order valence-corrected chi connectivity index (χ0v) is 10.7. The summed E-state index contributed by atoms with van der Waals surface area (Å²) in [6.45, 7) is 0. The fourth-order valence-electron chi connectivity index (χ4n) is 1.98. The van der Waals surface area contributed by atoms with Gasteiger partial charge >= 0.3 is 5.97 Å². The molecular weight excluding hydrogens is 290 g/mol. The number of hydrogen-bond acceptors (Lipinski definition) is 7. The molecule has 0 saturated heterocycles. The fourth-order valence-corrected chi connectivity index (χ4v) is 1.98. The molecule has 1 N–H and O–H groups in total. The molecule has 2 rings (SSSR count). The van der Waals surface area contributed by atoms with Crippen LogP contribution in [0.2, 0.25) is 0 Å². The molecule has 0 aliphatic rings. The van der Waals surface area contributed by atoms with Gasteiger partial charge < -0.3 is 5.11 Å². The van der Waals surface area contributed by atoms with Crippen LogP contribution in [0.15, 0.2) is 39.2 Å². The van der Waals surface area contributed by atoms with Crippen molar-refractivity contribution in [1.29, 1.82) is 0 Å². The summed E-state index contributed by atoms with van der Waals surface area (Å²) in [6.07, 6.45) is 3.98. The third kappa shape index (κ3) is 2.60. The van der Waals surface area contributed by atoms with Gasteiger partial charge in [0.1, 0.15) is 0 Å². The van der Waals surface area contributed by atoms with Gasteiger partial charge in [0.05, 0.1) is 22.6 Å². The van der Waals surface area contributed by atoms with Crippen LogP contribution in [0.5, 0.6) is 0 Å². The summed E-state index contributed by atoms with van der Waals surface area (Å²) >= 11 is 0. The molecule has 0 aromatic heterocycles. The highest BCUT2D eigenvalue weighted by Gasteiger charge is 2.15. The maximum atomic E-state index is 11.1. The van der Waals surface area contributed by atoms with E-state index in [-0.39, 0.29) is 33.4 Å². The van der Waals surface area contributed by atoms with Crippen LogP contribution in [0.3, 0.4) is 0 Å². The smallest absolute Gasteiger partial charge is 0.335 e. The Balaban J connectivity index is 3.08. The lowest BCUT2D eigenvalue weighted by Crippen LogP contribution is -1.96. The number of fused-ring (bicyclic) bond motifs is 1. The van der Waals surface area contributed by atoms with Gasteiger partial charge in [-0.3, -0.25) is 0 Å². The number of carbonyl (C=O) groups is 1. The molecule has 2 aromatic rings. The van der Waals surface area contributed by atoms with Gasteiger partial charge in [-0.25, -0.2) is 19.2 Å². The largest absolute Gasteiger partial charge is 0.478 e. The topological polar surface area (TPSA) is 126 Å². The summed E-state index contributed by atoms with van der Waals surface area (Å²) in [5.74, 6) is -1.27. The minimum Gasteiger partial charge on any atom is -0.478 e. The maximum Gasteiger partial charge on any atom is 0.335 e. The number of carboxylic acid groups (broad SMARTS) is 1. The number of carbonyl (C=O) groups excluding carboxylic acids is 3. The van der Waals surface area contributed by atoms with Crippen LogP contribution in [-0.2, 0) is 14.4 Å². The molecule has 0 fully saturated rings. The van der Waals surface area contributed by atoms with Crippen LogP contribution in [0, 0.1) is 0 Å². The Morgan fingerprint density at radius 2 is 1.41 bits per heavy atom. The Labute approximate surface area is 122 Å². The monoisotopic (exact) mass is 295 g/mol. The summed E-state index contributed by atoms with van der Waals surface area (Å²) in [4.78, 5) is 53.0. The first-order valence-electron chi connectivity index (χ1n) is 5.70. The maximum absolute atomic E-state index is 11.1. The number of isocyanates is 3. The van der Waals surface area contributed by atoms with Gasteiger partial charge in [0.25, 0.3) is 0 Å².